The molecule has 2 aliphatic rings. The van der Waals surface area contributed by atoms with E-state index < -0.39 is 11.6 Å². The summed E-state index contributed by atoms with van der Waals surface area (Å²) in [5.74, 6) is -1.16. The number of likely N-dealkylation sites (N-methyl/N-ethyl adjacent to an activating group) is 1. The quantitative estimate of drug-likeness (QED) is 0.597. The molecule has 0 radical (unpaired) electrons. The van der Waals surface area contributed by atoms with Gasteiger partial charge in [-0.2, -0.15) is 0 Å². The van der Waals surface area contributed by atoms with Gasteiger partial charge in [0.2, 0.25) is 0 Å². The highest BCUT2D eigenvalue weighted by Gasteiger charge is 2.40. The lowest BCUT2D eigenvalue weighted by atomic mass is 9.76. The summed E-state index contributed by atoms with van der Waals surface area (Å²) >= 11 is 0. The summed E-state index contributed by atoms with van der Waals surface area (Å²) in [7, 11) is 2.06. The number of nitrogens with zero attached hydrogens (tertiary/aromatic N) is 3. The Kier molecular flexibility index (Phi) is 5.51. The number of aryl methyl sites for hydroxylation is 1. The van der Waals surface area contributed by atoms with E-state index >= 15 is 8.78 Å². The molecule has 1 atom stereocenters. The molecule has 170 valence electrons. The van der Waals surface area contributed by atoms with Crippen LogP contribution in [0.4, 0.5) is 8.78 Å². The molecule has 2 aromatic heterocycles. The predicted octanol–water partition coefficient (Wildman–Crippen LogP) is 4.14. The second kappa shape index (κ2) is 8.21. The van der Waals surface area contributed by atoms with Crippen LogP contribution >= 0.6 is 0 Å². The normalized spacial score (nSPS) is 21.1. The molecular formula is C25H29F2N3O2. The summed E-state index contributed by atoms with van der Waals surface area (Å²) in [6.45, 7) is 7.28. The fourth-order valence-corrected chi connectivity index (χ4v) is 4.83. The van der Waals surface area contributed by atoms with Crippen molar-refractivity contribution in [2.24, 2.45) is 0 Å². The maximum Gasteiger partial charge on any atom is 0.137 e. The van der Waals surface area contributed by atoms with Crippen LogP contribution < -0.4 is 0 Å². The van der Waals surface area contributed by atoms with Crippen LogP contribution in [0, 0.1) is 18.6 Å². The molecule has 2 saturated heterocycles. The zero-order valence-corrected chi connectivity index (χ0v) is 18.8. The van der Waals surface area contributed by atoms with Crippen molar-refractivity contribution in [3.63, 3.8) is 0 Å². The first-order valence-corrected chi connectivity index (χ1v) is 11.3. The maximum atomic E-state index is 15.5. The highest BCUT2D eigenvalue weighted by Crippen LogP contribution is 2.39. The molecular weight excluding hydrogens is 412 g/mol. The Hall–Kier alpha value is -2.35. The smallest absolute Gasteiger partial charge is 0.137 e. The lowest BCUT2D eigenvalue weighted by Gasteiger charge is -2.41. The van der Waals surface area contributed by atoms with Crippen molar-refractivity contribution in [3.05, 3.63) is 58.9 Å². The van der Waals surface area contributed by atoms with Crippen LogP contribution in [0.2, 0.25) is 0 Å². The van der Waals surface area contributed by atoms with E-state index in [1.165, 1.54) is 12.1 Å². The molecule has 32 heavy (non-hydrogen) atoms. The van der Waals surface area contributed by atoms with Crippen LogP contribution in [-0.4, -0.2) is 60.3 Å². The van der Waals surface area contributed by atoms with Crippen molar-refractivity contribution in [3.8, 4) is 11.3 Å². The minimum absolute atomic E-state index is 0.0606. The van der Waals surface area contributed by atoms with Gasteiger partial charge in [0.15, 0.2) is 0 Å². The number of morpholine rings is 1. The van der Waals surface area contributed by atoms with Gasteiger partial charge in [-0.25, -0.2) is 13.8 Å². The van der Waals surface area contributed by atoms with Gasteiger partial charge in [-0.3, -0.25) is 0 Å². The van der Waals surface area contributed by atoms with E-state index in [4.69, 9.17) is 9.47 Å². The van der Waals surface area contributed by atoms with Gasteiger partial charge in [-0.1, -0.05) is 6.92 Å². The third kappa shape index (κ3) is 3.62. The van der Waals surface area contributed by atoms with Crippen LogP contribution in [0.5, 0.6) is 0 Å². The van der Waals surface area contributed by atoms with Gasteiger partial charge in [0.05, 0.1) is 42.9 Å². The van der Waals surface area contributed by atoms with E-state index in [1.807, 2.05) is 36.6 Å². The van der Waals surface area contributed by atoms with Crippen molar-refractivity contribution in [2.45, 2.75) is 38.2 Å². The molecule has 5 nitrogen and oxygen atoms in total. The van der Waals surface area contributed by atoms with Crippen LogP contribution in [0.15, 0.2) is 30.5 Å². The standard InChI is InChI=1S/C25H29F2N3O2/c1-4-25(14-31-15-25)17-10-19(26)23(20(27)11-17)24-21(12-18-13-29(3)7-8-32-18)30-6-5-16(2)9-22(30)28-24/h5-6,9-11,18H,4,7-8,12-15H2,1-3H3. The molecule has 0 N–H and O–H groups in total. The Morgan fingerprint density at radius 2 is 1.94 bits per heavy atom. The Morgan fingerprint density at radius 3 is 2.56 bits per heavy atom. The van der Waals surface area contributed by atoms with Crippen molar-refractivity contribution >= 4 is 5.65 Å². The molecule has 0 saturated carbocycles. The largest absolute Gasteiger partial charge is 0.379 e. The summed E-state index contributed by atoms with van der Waals surface area (Å²) < 4.78 is 44.2. The van der Waals surface area contributed by atoms with Crippen molar-refractivity contribution in [1.29, 1.82) is 0 Å². The number of hydrogen-bond donors (Lipinski definition) is 0. The molecule has 0 spiro atoms. The van der Waals surface area contributed by atoms with Gasteiger partial charge in [-0.15, -0.1) is 0 Å². The highest BCUT2D eigenvalue weighted by molar-refractivity contribution is 5.69. The molecule has 1 aromatic carbocycles. The number of fused-ring (bicyclic) bond motifs is 1. The average molecular weight is 442 g/mol. The van der Waals surface area contributed by atoms with Crippen LogP contribution in [0.3, 0.4) is 0 Å². The Balaban J connectivity index is 1.62. The molecule has 1 unspecified atom stereocenters. The fourth-order valence-electron chi connectivity index (χ4n) is 4.83. The summed E-state index contributed by atoms with van der Waals surface area (Å²) in [4.78, 5) is 6.90. The number of pyridine rings is 1. The van der Waals surface area contributed by atoms with Gasteiger partial charge in [0, 0.05) is 31.1 Å². The molecule has 4 heterocycles. The summed E-state index contributed by atoms with van der Waals surface area (Å²) in [5, 5.41) is 0. The maximum absolute atomic E-state index is 15.5. The van der Waals surface area contributed by atoms with Gasteiger partial charge >= 0.3 is 0 Å². The van der Waals surface area contributed by atoms with Crippen molar-refractivity contribution < 1.29 is 18.3 Å². The number of hydrogen-bond acceptors (Lipinski definition) is 4. The van der Waals surface area contributed by atoms with E-state index in [2.05, 4.69) is 16.9 Å². The monoisotopic (exact) mass is 441 g/mol. The number of ether oxygens (including phenoxy) is 2. The van der Waals surface area contributed by atoms with E-state index in [1.54, 1.807) is 0 Å². The Morgan fingerprint density at radius 1 is 1.19 bits per heavy atom. The first kappa shape index (κ1) is 21.5. The molecule has 0 amide bonds. The molecule has 7 heteroatoms. The summed E-state index contributed by atoms with van der Waals surface area (Å²) in [6, 6.07) is 6.85. The van der Waals surface area contributed by atoms with Crippen LogP contribution in [0.25, 0.3) is 16.9 Å². The molecule has 0 aliphatic carbocycles. The molecule has 3 aromatic rings. The first-order chi connectivity index (χ1) is 15.4. The van der Waals surface area contributed by atoms with Crippen molar-refractivity contribution in [1.82, 2.24) is 14.3 Å². The zero-order valence-electron chi connectivity index (χ0n) is 18.8. The predicted molar refractivity (Wildman–Crippen MR) is 119 cm³/mol. The number of halogens is 2. The van der Waals surface area contributed by atoms with Gasteiger partial charge in [0.25, 0.3) is 0 Å². The summed E-state index contributed by atoms with van der Waals surface area (Å²) in [6.07, 6.45) is 3.16. The number of benzene rings is 1. The Labute approximate surface area is 187 Å². The number of rotatable bonds is 5. The highest BCUT2D eigenvalue weighted by atomic mass is 19.1. The average Bonchev–Trinajstić information content (AvgIpc) is 3.04. The third-order valence-corrected chi connectivity index (χ3v) is 6.97. The minimum atomic E-state index is -0.581. The topological polar surface area (TPSA) is 39.0 Å². The Bertz CT molecular complexity index is 1130. The SMILES string of the molecule is CCC1(c2cc(F)c(-c3nc4cc(C)ccn4c3CC3CN(C)CCO3)c(F)c2)COC1. The minimum Gasteiger partial charge on any atom is -0.379 e. The number of imidazole rings is 1. The zero-order chi connectivity index (χ0) is 22.5. The van der Waals surface area contributed by atoms with Gasteiger partial charge in [0.1, 0.15) is 17.3 Å². The third-order valence-electron chi connectivity index (χ3n) is 6.97. The van der Waals surface area contributed by atoms with Gasteiger partial charge < -0.3 is 18.8 Å². The van der Waals surface area contributed by atoms with E-state index in [0.717, 1.165) is 30.8 Å². The molecule has 2 fully saturated rings. The summed E-state index contributed by atoms with van der Waals surface area (Å²) in [5.41, 5.74) is 3.12. The molecule has 5 rings (SSSR count). The van der Waals surface area contributed by atoms with Crippen molar-refractivity contribution in [2.75, 3.05) is 40.0 Å². The lowest BCUT2D eigenvalue weighted by Crippen LogP contribution is -2.46. The molecule has 2 aliphatic heterocycles. The van der Waals surface area contributed by atoms with Crippen LogP contribution in [0.1, 0.15) is 30.2 Å². The van der Waals surface area contributed by atoms with Gasteiger partial charge in [-0.05, 0) is 55.8 Å². The fraction of sp³-hybridized carbons (Fsp3) is 0.480. The van der Waals surface area contributed by atoms with E-state index in [0.29, 0.717) is 43.1 Å². The number of aromatic nitrogens is 2. The van der Waals surface area contributed by atoms with E-state index in [-0.39, 0.29) is 17.1 Å². The molecule has 0 bridgehead atoms. The first-order valence-electron chi connectivity index (χ1n) is 11.3. The lowest BCUT2D eigenvalue weighted by molar-refractivity contribution is -0.0622. The second-order valence-electron chi connectivity index (χ2n) is 9.24. The van der Waals surface area contributed by atoms with E-state index in [9.17, 15) is 0 Å². The second-order valence-corrected chi connectivity index (χ2v) is 9.24. The van der Waals surface area contributed by atoms with Crippen LogP contribution in [-0.2, 0) is 21.3 Å².